The van der Waals surface area contributed by atoms with Crippen molar-refractivity contribution >= 4 is 22.3 Å². The van der Waals surface area contributed by atoms with Crippen LogP contribution in [0.3, 0.4) is 0 Å². The zero-order chi connectivity index (χ0) is 13.8. The lowest BCUT2D eigenvalue weighted by atomic mass is 10.1. The minimum absolute atomic E-state index is 0.511. The molecule has 2 aromatic rings. The van der Waals surface area contributed by atoms with Gasteiger partial charge in [0.2, 0.25) is 0 Å². The zero-order valence-electron chi connectivity index (χ0n) is 12.0. The van der Waals surface area contributed by atoms with E-state index in [0.29, 0.717) is 6.04 Å². The van der Waals surface area contributed by atoms with Crippen LogP contribution in [0.1, 0.15) is 38.8 Å². The molecule has 1 aromatic heterocycles. The van der Waals surface area contributed by atoms with E-state index in [1.54, 1.807) is 0 Å². The maximum absolute atomic E-state index is 5.90. The Balaban J connectivity index is 2.43. The molecule has 3 nitrogen and oxygen atoms in total. The first kappa shape index (κ1) is 13.7. The van der Waals surface area contributed by atoms with E-state index in [1.165, 1.54) is 12.8 Å². The van der Waals surface area contributed by atoms with Gasteiger partial charge in [-0.3, -0.25) is 4.98 Å². The number of nitrogens with two attached hydrogens (primary N) is 1. The van der Waals surface area contributed by atoms with E-state index in [2.05, 4.69) is 30.2 Å². The Kier molecular flexibility index (Phi) is 4.25. The summed E-state index contributed by atoms with van der Waals surface area (Å²) in [6.45, 7) is 6.47. The van der Waals surface area contributed by atoms with Crippen LogP contribution in [0, 0.1) is 6.92 Å². The number of aryl methyl sites for hydroxylation is 1. The van der Waals surface area contributed by atoms with Gasteiger partial charge in [0.25, 0.3) is 0 Å². The minimum Gasteiger partial charge on any atom is -0.399 e. The number of fused-ring (bicyclic) bond motifs is 1. The Labute approximate surface area is 115 Å². The quantitative estimate of drug-likeness (QED) is 0.792. The molecule has 3 heteroatoms. The van der Waals surface area contributed by atoms with Gasteiger partial charge in [0, 0.05) is 28.5 Å². The third kappa shape index (κ3) is 3.16. The fourth-order valence-corrected chi connectivity index (χ4v) is 2.44. The van der Waals surface area contributed by atoms with Gasteiger partial charge in [0.15, 0.2) is 0 Å². The summed E-state index contributed by atoms with van der Waals surface area (Å²) in [5, 5.41) is 4.76. The number of nitrogens with zero attached hydrogens (tertiary/aromatic N) is 1. The molecule has 0 saturated heterocycles. The van der Waals surface area contributed by atoms with Gasteiger partial charge in [-0.05, 0) is 44.0 Å². The Morgan fingerprint density at radius 2 is 2.05 bits per heavy atom. The summed E-state index contributed by atoms with van der Waals surface area (Å²) in [6, 6.07) is 8.52. The summed E-state index contributed by atoms with van der Waals surface area (Å²) < 4.78 is 0. The number of benzene rings is 1. The van der Waals surface area contributed by atoms with E-state index in [0.717, 1.165) is 34.4 Å². The van der Waals surface area contributed by atoms with E-state index < -0.39 is 0 Å². The number of hydrogen-bond donors (Lipinski definition) is 2. The van der Waals surface area contributed by atoms with Crippen LogP contribution in [-0.4, -0.2) is 11.0 Å². The Hall–Kier alpha value is -1.77. The molecule has 0 aliphatic carbocycles. The molecule has 102 valence electrons. The largest absolute Gasteiger partial charge is 0.399 e. The molecule has 0 spiro atoms. The molecule has 1 aromatic carbocycles. The predicted molar refractivity (Wildman–Crippen MR) is 83.5 cm³/mol. The number of nitrogens with one attached hydrogen (secondary N) is 1. The molecule has 3 N–H and O–H groups in total. The molecule has 1 unspecified atom stereocenters. The predicted octanol–water partition coefficient (Wildman–Crippen LogP) is 4.12. The second kappa shape index (κ2) is 5.91. The molecule has 0 amide bonds. The van der Waals surface area contributed by atoms with Crippen LogP contribution in [0.5, 0.6) is 0 Å². The summed E-state index contributed by atoms with van der Waals surface area (Å²) in [4.78, 5) is 4.56. The number of aromatic nitrogens is 1. The monoisotopic (exact) mass is 257 g/mol. The van der Waals surface area contributed by atoms with Gasteiger partial charge < -0.3 is 11.1 Å². The molecular weight excluding hydrogens is 234 g/mol. The van der Waals surface area contributed by atoms with E-state index in [4.69, 9.17) is 5.73 Å². The van der Waals surface area contributed by atoms with Gasteiger partial charge >= 0.3 is 0 Å². The second-order valence-electron chi connectivity index (χ2n) is 5.13. The van der Waals surface area contributed by atoms with Crippen LogP contribution >= 0.6 is 0 Å². The van der Waals surface area contributed by atoms with E-state index in [-0.39, 0.29) is 0 Å². The van der Waals surface area contributed by atoms with E-state index >= 15 is 0 Å². The van der Waals surface area contributed by atoms with Crippen molar-refractivity contribution in [2.24, 2.45) is 0 Å². The number of rotatable bonds is 5. The molecule has 0 aliphatic heterocycles. The fraction of sp³-hybridized carbons (Fsp3) is 0.438. The molecule has 0 saturated carbocycles. The standard InChI is InChI=1S/C16H23N3/c1-4-6-13(5-2)19-16-9-11(3)18-15-8-7-12(17)10-14(15)16/h7-10,13H,4-6,17H2,1-3H3,(H,18,19). The third-order valence-corrected chi connectivity index (χ3v) is 3.45. The van der Waals surface area contributed by atoms with Gasteiger partial charge in [0.05, 0.1) is 5.52 Å². The third-order valence-electron chi connectivity index (χ3n) is 3.45. The second-order valence-corrected chi connectivity index (χ2v) is 5.13. The van der Waals surface area contributed by atoms with Crippen molar-refractivity contribution in [3.63, 3.8) is 0 Å². The topological polar surface area (TPSA) is 50.9 Å². The summed E-state index contributed by atoms with van der Waals surface area (Å²) in [5.74, 6) is 0. The lowest BCUT2D eigenvalue weighted by Crippen LogP contribution is -2.18. The highest BCUT2D eigenvalue weighted by molar-refractivity contribution is 5.93. The van der Waals surface area contributed by atoms with Gasteiger partial charge in [-0.15, -0.1) is 0 Å². The van der Waals surface area contributed by atoms with Crippen molar-refractivity contribution in [3.8, 4) is 0 Å². The highest BCUT2D eigenvalue weighted by Gasteiger charge is 2.09. The normalized spacial score (nSPS) is 12.6. The molecule has 0 bridgehead atoms. The highest BCUT2D eigenvalue weighted by atomic mass is 14.9. The average Bonchev–Trinajstić information content (AvgIpc) is 2.39. The molecular formula is C16H23N3. The van der Waals surface area contributed by atoms with Crippen LogP contribution in [-0.2, 0) is 0 Å². The van der Waals surface area contributed by atoms with Crippen LogP contribution in [0.15, 0.2) is 24.3 Å². The van der Waals surface area contributed by atoms with Crippen molar-refractivity contribution in [1.29, 1.82) is 0 Å². The number of nitrogen functional groups attached to an aromatic ring is 1. The molecule has 19 heavy (non-hydrogen) atoms. The first-order valence-corrected chi connectivity index (χ1v) is 7.07. The number of hydrogen-bond acceptors (Lipinski definition) is 3. The first-order valence-electron chi connectivity index (χ1n) is 7.07. The molecule has 0 radical (unpaired) electrons. The summed E-state index contributed by atoms with van der Waals surface area (Å²) in [5.41, 5.74) is 9.86. The van der Waals surface area contributed by atoms with Crippen LogP contribution in [0.4, 0.5) is 11.4 Å². The molecule has 1 heterocycles. The van der Waals surface area contributed by atoms with Gasteiger partial charge in [-0.2, -0.15) is 0 Å². The lowest BCUT2D eigenvalue weighted by molar-refractivity contribution is 0.623. The van der Waals surface area contributed by atoms with Crippen molar-refractivity contribution in [2.75, 3.05) is 11.1 Å². The maximum Gasteiger partial charge on any atom is 0.0727 e. The van der Waals surface area contributed by atoms with E-state index in [9.17, 15) is 0 Å². The van der Waals surface area contributed by atoms with Crippen molar-refractivity contribution in [1.82, 2.24) is 4.98 Å². The lowest BCUT2D eigenvalue weighted by Gasteiger charge is -2.19. The van der Waals surface area contributed by atoms with Gasteiger partial charge in [-0.1, -0.05) is 20.3 Å². The summed E-state index contributed by atoms with van der Waals surface area (Å²) in [7, 11) is 0. The fourth-order valence-electron chi connectivity index (χ4n) is 2.44. The minimum atomic E-state index is 0.511. The smallest absolute Gasteiger partial charge is 0.0727 e. The Morgan fingerprint density at radius 3 is 2.74 bits per heavy atom. The van der Waals surface area contributed by atoms with Crippen LogP contribution in [0.25, 0.3) is 10.9 Å². The molecule has 0 fully saturated rings. The van der Waals surface area contributed by atoms with E-state index in [1.807, 2.05) is 25.1 Å². The van der Waals surface area contributed by atoms with Gasteiger partial charge in [-0.25, -0.2) is 0 Å². The number of pyridine rings is 1. The number of anilines is 2. The van der Waals surface area contributed by atoms with Crippen molar-refractivity contribution < 1.29 is 0 Å². The van der Waals surface area contributed by atoms with Gasteiger partial charge in [0.1, 0.15) is 0 Å². The zero-order valence-corrected chi connectivity index (χ0v) is 12.0. The summed E-state index contributed by atoms with van der Waals surface area (Å²) in [6.07, 6.45) is 3.50. The maximum atomic E-state index is 5.90. The first-order chi connectivity index (χ1) is 9.13. The molecule has 1 atom stereocenters. The Bertz CT molecular complexity index is 563. The SMILES string of the molecule is CCCC(CC)Nc1cc(C)nc2ccc(N)cc12. The molecule has 2 rings (SSSR count). The molecule has 0 aliphatic rings. The van der Waals surface area contributed by atoms with Crippen LogP contribution in [0.2, 0.25) is 0 Å². The van der Waals surface area contributed by atoms with Crippen molar-refractivity contribution in [2.45, 2.75) is 46.1 Å². The Morgan fingerprint density at radius 1 is 1.26 bits per heavy atom. The summed E-state index contributed by atoms with van der Waals surface area (Å²) >= 11 is 0. The average molecular weight is 257 g/mol. The highest BCUT2D eigenvalue weighted by Crippen LogP contribution is 2.26. The van der Waals surface area contributed by atoms with Crippen molar-refractivity contribution in [3.05, 3.63) is 30.0 Å². The van der Waals surface area contributed by atoms with Crippen LogP contribution < -0.4 is 11.1 Å².